The number of hydrogen-bond acceptors (Lipinski definition) is 4. The van der Waals surface area contributed by atoms with Gasteiger partial charge in [0.1, 0.15) is 9.75 Å². The van der Waals surface area contributed by atoms with E-state index in [0.717, 1.165) is 23.0 Å². The van der Waals surface area contributed by atoms with Gasteiger partial charge in [0.05, 0.1) is 9.86 Å². The molecule has 0 amide bonds. The normalized spacial score (nSPS) is 19.3. The molecule has 4 nitrogen and oxygen atoms in total. The molecular weight excluding hydrogens is 348 g/mol. The topological polar surface area (TPSA) is 61.2 Å². The first-order valence-electron chi connectivity index (χ1n) is 6.08. The molecule has 0 saturated heterocycles. The van der Waals surface area contributed by atoms with Gasteiger partial charge in [-0.05, 0) is 40.9 Å². The molecule has 0 unspecified atom stereocenters. The van der Waals surface area contributed by atoms with Crippen molar-refractivity contribution in [3.63, 3.8) is 0 Å². The Morgan fingerprint density at radius 2 is 2.00 bits per heavy atom. The van der Waals surface area contributed by atoms with Crippen molar-refractivity contribution < 1.29 is 8.42 Å². The van der Waals surface area contributed by atoms with Gasteiger partial charge in [-0.2, -0.15) is 9.57 Å². The minimum Gasteiger partial charge on any atom is -0.206 e. The lowest BCUT2D eigenvalue weighted by atomic mass is 9.83. The number of halogens is 1. The number of nitriles is 1. The quantitative estimate of drug-likeness (QED) is 0.827. The second-order valence-corrected chi connectivity index (χ2v) is 9.39. The molecule has 1 fully saturated rings. The average Bonchev–Trinajstić information content (AvgIpc) is 2.86. The number of hydrogen-bond donors (Lipinski definition) is 0. The zero-order valence-corrected chi connectivity index (χ0v) is 13.8. The van der Waals surface area contributed by atoms with Gasteiger partial charge in [0.15, 0.2) is 0 Å². The van der Waals surface area contributed by atoms with Crippen LogP contribution in [0.1, 0.15) is 32.1 Å². The molecule has 1 heterocycles. The summed E-state index contributed by atoms with van der Waals surface area (Å²) in [7, 11) is -2.06. The van der Waals surface area contributed by atoms with Crippen LogP contribution >= 0.6 is 27.3 Å². The SMILES string of the molecule is CN(C1(C#N)CCCCC1)S(=O)(=O)c1ccc(Br)s1. The third-order valence-electron chi connectivity index (χ3n) is 3.65. The van der Waals surface area contributed by atoms with E-state index in [1.807, 2.05) is 0 Å². The fourth-order valence-electron chi connectivity index (χ4n) is 2.44. The molecule has 104 valence electrons. The number of rotatable bonds is 3. The monoisotopic (exact) mass is 362 g/mol. The first-order valence-corrected chi connectivity index (χ1v) is 9.13. The molecule has 0 aromatic carbocycles. The zero-order chi connectivity index (χ0) is 14.1. The zero-order valence-electron chi connectivity index (χ0n) is 10.6. The van der Waals surface area contributed by atoms with Crippen LogP contribution in [0.5, 0.6) is 0 Å². The molecule has 0 radical (unpaired) electrons. The lowest BCUT2D eigenvalue weighted by Crippen LogP contribution is -2.49. The van der Waals surface area contributed by atoms with Crippen molar-refractivity contribution in [3.8, 4) is 6.07 Å². The maximum atomic E-state index is 12.6. The average molecular weight is 363 g/mol. The molecule has 7 heteroatoms. The maximum Gasteiger partial charge on any atom is 0.253 e. The summed E-state index contributed by atoms with van der Waals surface area (Å²) in [6, 6.07) is 5.53. The van der Waals surface area contributed by atoms with Crippen LogP contribution in [0.2, 0.25) is 0 Å². The highest BCUT2D eigenvalue weighted by Gasteiger charge is 2.43. The lowest BCUT2D eigenvalue weighted by molar-refractivity contribution is 0.213. The van der Waals surface area contributed by atoms with Crippen LogP contribution in [0.3, 0.4) is 0 Å². The van der Waals surface area contributed by atoms with E-state index >= 15 is 0 Å². The van der Waals surface area contributed by atoms with Crippen molar-refractivity contribution in [1.82, 2.24) is 4.31 Å². The Labute approximate surface area is 126 Å². The lowest BCUT2D eigenvalue weighted by Gasteiger charge is -2.37. The van der Waals surface area contributed by atoms with Crippen LogP contribution in [0.4, 0.5) is 0 Å². The molecular formula is C12H15BrN2O2S2. The molecule has 1 aromatic rings. The van der Waals surface area contributed by atoms with Crippen LogP contribution < -0.4 is 0 Å². The predicted octanol–water partition coefficient (Wildman–Crippen LogP) is 3.36. The van der Waals surface area contributed by atoms with E-state index < -0.39 is 15.6 Å². The molecule has 0 aliphatic heterocycles. The number of nitrogens with zero attached hydrogens (tertiary/aromatic N) is 2. The van der Waals surface area contributed by atoms with Crippen molar-refractivity contribution in [2.45, 2.75) is 41.9 Å². The van der Waals surface area contributed by atoms with E-state index in [4.69, 9.17) is 0 Å². The van der Waals surface area contributed by atoms with Gasteiger partial charge in [0.2, 0.25) is 0 Å². The van der Waals surface area contributed by atoms with Crippen LogP contribution in [-0.2, 0) is 10.0 Å². The van der Waals surface area contributed by atoms with Gasteiger partial charge in [-0.15, -0.1) is 11.3 Å². The minimum atomic E-state index is -3.59. The van der Waals surface area contributed by atoms with Gasteiger partial charge in [0, 0.05) is 7.05 Å². The third kappa shape index (κ3) is 2.72. The van der Waals surface area contributed by atoms with Gasteiger partial charge in [-0.1, -0.05) is 19.3 Å². The van der Waals surface area contributed by atoms with Crippen LogP contribution in [0.25, 0.3) is 0 Å². The summed E-state index contributed by atoms with van der Waals surface area (Å²) in [5, 5.41) is 9.47. The van der Waals surface area contributed by atoms with Crippen molar-refractivity contribution in [1.29, 1.82) is 5.26 Å². The summed E-state index contributed by atoms with van der Waals surface area (Å²) < 4.78 is 27.5. The molecule has 1 aliphatic rings. The van der Waals surface area contributed by atoms with E-state index in [2.05, 4.69) is 22.0 Å². The van der Waals surface area contributed by atoms with E-state index in [1.54, 1.807) is 12.1 Å². The Morgan fingerprint density at radius 1 is 1.37 bits per heavy atom. The molecule has 1 aromatic heterocycles. The fraction of sp³-hybridized carbons (Fsp3) is 0.583. The molecule has 2 rings (SSSR count). The van der Waals surface area contributed by atoms with Crippen molar-refractivity contribution >= 4 is 37.3 Å². The highest BCUT2D eigenvalue weighted by atomic mass is 79.9. The van der Waals surface area contributed by atoms with E-state index in [0.29, 0.717) is 12.8 Å². The first kappa shape index (κ1) is 15.0. The van der Waals surface area contributed by atoms with Crippen molar-refractivity contribution in [3.05, 3.63) is 15.9 Å². The van der Waals surface area contributed by atoms with Gasteiger partial charge in [-0.25, -0.2) is 8.42 Å². The summed E-state index contributed by atoms with van der Waals surface area (Å²) in [4.78, 5) is 0. The van der Waals surface area contributed by atoms with Crippen LogP contribution in [0.15, 0.2) is 20.1 Å². The van der Waals surface area contributed by atoms with Gasteiger partial charge >= 0.3 is 0 Å². The summed E-state index contributed by atoms with van der Waals surface area (Å²) in [6.45, 7) is 0. The third-order valence-corrected chi connectivity index (χ3v) is 7.67. The number of thiophene rings is 1. The molecule has 0 bridgehead atoms. The molecule has 1 aliphatic carbocycles. The van der Waals surface area contributed by atoms with Gasteiger partial charge < -0.3 is 0 Å². The van der Waals surface area contributed by atoms with Crippen LogP contribution in [-0.4, -0.2) is 25.3 Å². The fourth-order valence-corrected chi connectivity index (χ4v) is 6.10. The smallest absolute Gasteiger partial charge is 0.206 e. The van der Waals surface area contributed by atoms with E-state index in [9.17, 15) is 13.7 Å². The Morgan fingerprint density at radius 3 is 2.47 bits per heavy atom. The highest BCUT2D eigenvalue weighted by molar-refractivity contribution is 9.11. The molecule has 0 spiro atoms. The van der Waals surface area contributed by atoms with Gasteiger partial charge in [-0.3, -0.25) is 0 Å². The van der Waals surface area contributed by atoms with E-state index in [-0.39, 0.29) is 4.21 Å². The Balaban J connectivity index is 2.37. The highest BCUT2D eigenvalue weighted by Crippen LogP contribution is 2.37. The van der Waals surface area contributed by atoms with E-state index in [1.165, 1.54) is 22.7 Å². The molecule has 0 atom stereocenters. The largest absolute Gasteiger partial charge is 0.253 e. The summed E-state index contributed by atoms with van der Waals surface area (Å²) in [5.74, 6) is 0. The Bertz CT molecular complexity index is 597. The van der Waals surface area contributed by atoms with Crippen molar-refractivity contribution in [2.24, 2.45) is 0 Å². The Kier molecular flexibility index (Phi) is 4.35. The molecule has 0 N–H and O–H groups in total. The first-order chi connectivity index (χ1) is 8.92. The second kappa shape index (κ2) is 5.52. The van der Waals surface area contributed by atoms with Crippen LogP contribution in [0, 0.1) is 11.3 Å². The second-order valence-electron chi connectivity index (χ2n) is 4.74. The summed E-state index contributed by atoms with van der Waals surface area (Å²) >= 11 is 4.44. The predicted molar refractivity (Wildman–Crippen MR) is 78.4 cm³/mol. The summed E-state index contributed by atoms with van der Waals surface area (Å²) in [6.07, 6.45) is 4.11. The minimum absolute atomic E-state index is 0.280. The van der Waals surface area contributed by atoms with Crippen molar-refractivity contribution in [2.75, 3.05) is 7.05 Å². The summed E-state index contributed by atoms with van der Waals surface area (Å²) in [5.41, 5.74) is -0.881. The van der Waals surface area contributed by atoms with Gasteiger partial charge in [0.25, 0.3) is 10.0 Å². The number of sulfonamides is 1. The maximum absolute atomic E-state index is 12.6. The molecule has 19 heavy (non-hydrogen) atoms. The molecule has 1 saturated carbocycles. The Hall–Kier alpha value is -0.420. The standard InChI is InChI=1S/C12H15BrN2O2S2/c1-15(12(9-14)7-3-2-4-8-12)19(16,17)11-6-5-10(13)18-11/h5-6H,2-4,7-8H2,1H3.